The Bertz CT molecular complexity index is 2920. The first kappa shape index (κ1) is 32.8. The first-order valence-electron chi connectivity index (χ1n) is 16.1. The number of hydrogen-bond acceptors (Lipinski definition) is 6. The van der Waals surface area contributed by atoms with Crippen LogP contribution in [-0.2, 0) is 6.18 Å². The van der Waals surface area contributed by atoms with E-state index < -0.39 is 11.7 Å². The molecule has 8 nitrogen and oxygen atoms in total. The summed E-state index contributed by atoms with van der Waals surface area (Å²) in [7, 11) is 0. The van der Waals surface area contributed by atoms with E-state index in [0.717, 1.165) is 12.1 Å². The molecule has 0 unspecified atom stereocenters. The molecule has 0 saturated carbocycles. The molecule has 2 aromatic heterocycles. The molecule has 0 spiro atoms. The smallest absolute Gasteiger partial charge is 0.308 e. The van der Waals surface area contributed by atoms with Gasteiger partial charge in [0.15, 0.2) is 0 Å². The molecule has 0 fully saturated rings. The van der Waals surface area contributed by atoms with Crippen LogP contribution < -0.4 is 0 Å². The molecule has 0 aliphatic carbocycles. The lowest BCUT2D eigenvalue weighted by Gasteiger charge is -2.19. The van der Waals surface area contributed by atoms with Gasteiger partial charge in [-0.05, 0) is 114 Å². The van der Waals surface area contributed by atoms with Crippen molar-refractivity contribution in [1.82, 2.24) is 9.13 Å². The maximum Gasteiger partial charge on any atom is 0.416 e. The van der Waals surface area contributed by atoms with Gasteiger partial charge in [0.2, 0.25) is 0 Å². The molecule has 0 amide bonds. The number of halogens is 3. The van der Waals surface area contributed by atoms with Crippen LogP contribution in [0.15, 0.2) is 103 Å². The molecule has 2 heterocycles. The van der Waals surface area contributed by atoms with E-state index in [9.17, 15) is 44.7 Å². The highest BCUT2D eigenvalue weighted by molar-refractivity contribution is 6.12. The molecule has 11 heteroatoms. The first-order chi connectivity index (χ1) is 26.1. The highest BCUT2D eigenvalue weighted by Crippen LogP contribution is 2.42. The number of aromatic nitrogens is 2. The highest BCUT2D eigenvalue weighted by atomic mass is 19.4. The molecule has 0 aliphatic rings. The van der Waals surface area contributed by atoms with Crippen molar-refractivity contribution in [3.8, 4) is 58.9 Å². The highest BCUT2D eigenvalue weighted by Gasteiger charge is 2.32. The lowest BCUT2D eigenvalue weighted by atomic mass is 9.96. The fourth-order valence-corrected chi connectivity index (χ4v) is 7.11. The van der Waals surface area contributed by atoms with Gasteiger partial charge in [-0.15, -0.1) is 0 Å². The van der Waals surface area contributed by atoms with E-state index in [0.29, 0.717) is 65.9 Å². The summed E-state index contributed by atoms with van der Waals surface area (Å²) in [6.45, 7) is 0. The van der Waals surface area contributed by atoms with Crippen molar-refractivity contribution in [2.75, 3.05) is 0 Å². The molecule has 6 aromatic carbocycles. The van der Waals surface area contributed by atoms with E-state index in [1.165, 1.54) is 6.07 Å². The van der Waals surface area contributed by atoms with E-state index >= 15 is 0 Å². The molecular formula is C43H17F3N8. The van der Waals surface area contributed by atoms with Gasteiger partial charge in [0.1, 0.15) is 11.6 Å². The lowest BCUT2D eigenvalue weighted by molar-refractivity contribution is -0.137. The number of nitrogens with zero attached hydrogens (tertiary/aromatic N) is 8. The quantitative estimate of drug-likeness (QED) is 0.179. The summed E-state index contributed by atoms with van der Waals surface area (Å²) >= 11 is 0. The maximum absolute atomic E-state index is 14.2. The Labute approximate surface area is 304 Å². The van der Waals surface area contributed by atoms with Crippen LogP contribution in [0.2, 0.25) is 0 Å². The van der Waals surface area contributed by atoms with E-state index in [2.05, 4.69) is 30.3 Å². The fraction of sp³-hybridized carbons (Fsp3) is 0.0233. The molecule has 0 aliphatic heterocycles. The summed E-state index contributed by atoms with van der Waals surface area (Å²) in [6, 6.07) is 38.9. The Balaban J connectivity index is 1.58. The van der Waals surface area contributed by atoms with Crippen LogP contribution in [0.1, 0.15) is 38.9 Å². The predicted molar refractivity (Wildman–Crippen MR) is 194 cm³/mol. The molecular weight excluding hydrogens is 686 g/mol. The number of hydrogen-bond donors (Lipinski definition) is 0. The summed E-state index contributed by atoms with van der Waals surface area (Å²) in [6.07, 6.45) is -4.77. The maximum atomic E-state index is 14.2. The van der Waals surface area contributed by atoms with Gasteiger partial charge >= 0.3 is 6.18 Å². The van der Waals surface area contributed by atoms with Gasteiger partial charge in [-0.2, -0.15) is 44.7 Å². The van der Waals surface area contributed by atoms with Crippen molar-refractivity contribution < 1.29 is 13.2 Å². The Hall–Kier alpha value is -8.35. The third kappa shape index (κ3) is 5.03. The standard InChI is InChI=1S/C43H17F3N8/c44-43(45,46)31-10-28(22-51)9-29(15-31)30-16-41(53-37-5-1-24(18-47)11-32(37)33-12-25(19-48)2-6-38(33)53)36(23-52)42(17-30)54-39-7-3-26(20-49)13-34(39)35-14-27(21-50)4-8-40(35)54/h1-17H. The number of nitriles is 6. The van der Waals surface area contributed by atoms with Crippen molar-refractivity contribution in [3.05, 3.63) is 142 Å². The van der Waals surface area contributed by atoms with Crippen molar-refractivity contribution >= 4 is 43.6 Å². The summed E-state index contributed by atoms with van der Waals surface area (Å²) in [5.74, 6) is 0. The number of alkyl halides is 3. The Morgan fingerprint density at radius 2 is 0.741 bits per heavy atom. The van der Waals surface area contributed by atoms with Gasteiger partial charge < -0.3 is 9.13 Å². The third-order valence-electron chi connectivity index (χ3n) is 9.46. The summed E-state index contributed by atoms with van der Waals surface area (Å²) in [5.41, 5.74) is 3.35. The van der Waals surface area contributed by atoms with Gasteiger partial charge in [-0.3, -0.25) is 0 Å². The molecule has 54 heavy (non-hydrogen) atoms. The van der Waals surface area contributed by atoms with Crippen LogP contribution in [-0.4, -0.2) is 9.13 Å². The zero-order valence-electron chi connectivity index (χ0n) is 27.5. The number of fused-ring (bicyclic) bond motifs is 6. The molecule has 0 atom stereocenters. The van der Waals surface area contributed by atoms with Gasteiger partial charge in [-0.25, -0.2) is 0 Å². The molecule has 8 aromatic rings. The van der Waals surface area contributed by atoms with Crippen molar-refractivity contribution in [2.24, 2.45) is 0 Å². The first-order valence-corrected chi connectivity index (χ1v) is 16.1. The largest absolute Gasteiger partial charge is 0.416 e. The Kier molecular flexibility index (Phi) is 7.39. The van der Waals surface area contributed by atoms with Gasteiger partial charge in [0, 0.05) is 21.5 Å². The number of rotatable bonds is 3. The SMILES string of the molecule is N#Cc1cc(-c2cc(-n3c4ccc(C#N)cc4c4cc(C#N)ccc43)c(C#N)c(-n3c4ccc(C#N)cc4c4cc(C#N)ccc43)c2)cc(C(F)(F)F)c1. The Morgan fingerprint density at radius 1 is 0.389 bits per heavy atom. The van der Waals surface area contributed by atoms with E-state index in [1.54, 1.807) is 94.1 Å². The molecule has 0 saturated heterocycles. The molecule has 250 valence electrons. The van der Waals surface area contributed by atoms with Crippen molar-refractivity contribution in [2.45, 2.75) is 6.18 Å². The Morgan fingerprint density at radius 3 is 1.06 bits per heavy atom. The molecule has 0 N–H and O–H groups in total. The van der Waals surface area contributed by atoms with Crippen LogP contribution in [0.3, 0.4) is 0 Å². The molecule has 0 bridgehead atoms. The summed E-state index contributed by atoms with van der Waals surface area (Å²) in [5, 5.41) is 62.3. The second-order valence-corrected chi connectivity index (χ2v) is 12.5. The zero-order valence-corrected chi connectivity index (χ0v) is 27.5. The predicted octanol–water partition coefficient (Wildman–Crippen LogP) is 9.80. The van der Waals surface area contributed by atoms with Crippen LogP contribution >= 0.6 is 0 Å². The van der Waals surface area contributed by atoms with Gasteiger partial charge in [-0.1, -0.05) is 0 Å². The van der Waals surface area contributed by atoms with Gasteiger partial charge in [0.05, 0.1) is 97.2 Å². The minimum atomic E-state index is -4.77. The van der Waals surface area contributed by atoms with Gasteiger partial charge in [0.25, 0.3) is 0 Å². The van der Waals surface area contributed by atoms with Crippen LogP contribution in [0.25, 0.3) is 66.1 Å². The fourth-order valence-electron chi connectivity index (χ4n) is 7.11. The normalized spacial score (nSPS) is 11.1. The average molecular weight is 703 g/mol. The minimum Gasteiger partial charge on any atom is -0.308 e. The van der Waals surface area contributed by atoms with E-state index in [-0.39, 0.29) is 33.6 Å². The minimum absolute atomic E-state index is 0.0620. The summed E-state index contributed by atoms with van der Waals surface area (Å²) < 4.78 is 46.2. The van der Waals surface area contributed by atoms with E-state index in [1.807, 2.05) is 6.07 Å². The third-order valence-corrected chi connectivity index (χ3v) is 9.46. The van der Waals surface area contributed by atoms with Crippen LogP contribution in [0.5, 0.6) is 0 Å². The molecule has 0 radical (unpaired) electrons. The zero-order chi connectivity index (χ0) is 37.9. The van der Waals surface area contributed by atoms with Crippen LogP contribution in [0, 0.1) is 68.0 Å². The van der Waals surface area contributed by atoms with Crippen molar-refractivity contribution in [1.29, 1.82) is 31.6 Å². The number of benzene rings is 6. The monoisotopic (exact) mass is 702 g/mol. The lowest BCUT2D eigenvalue weighted by Crippen LogP contribution is -2.07. The average Bonchev–Trinajstić information content (AvgIpc) is 3.70. The second kappa shape index (κ2) is 12.2. The molecule has 8 rings (SSSR count). The topological polar surface area (TPSA) is 153 Å². The van der Waals surface area contributed by atoms with Crippen LogP contribution in [0.4, 0.5) is 13.2 Å². The van der Waals surface area contributed by atoms with E-state index in [4.69, 9.17) is 0 Å². The second-order valence-electron chi connectivity index (χ2n) is 12.5. The summed E-state index contributed by atoms with van der Waals surface area (Å²) in [4.78, 5) is 0. The van der Waals surface area contributed by atoms with Crippen molar-refractivity contribution in [3.63, 3.8) is 0 Å².